The molecule has 1 aromatic heterocycles. The Balaban J connectivity index is 2.45. The van der Waals surface area contributed by atoms with Gasteiger partial charge in [0.1, 0.15) is 5.82 Å². The van der Waals surface area contributed by atoms with Crippen molar-refractivity contribution in [2.75, 3.05) is 0 Å². The summed E-state index contributed by atoms with van der Waals surface area (Å²) in [5.74, 6) is -0.182. The Morgan fingerprint density at radius 3 is 2.12 bits per heavy atom. The van der Waals surface area contributed by atoms with Crippen LogP contribution in [0.5, 0.6) is 0 Å². The van der Waals surface area contributed by atoms with Crippen LogP contribution in [0.15, 0.2) is 30.3 Å². The summed E-state index contributed by atoms with van der Waals surface area (Å²) in [6.45, 7) is 8.81. The number of thiophene rings is 1. The first kappa shape index (κ1) is 12.3. The first-order valence-corrected chi connectivity index (χ1v) is 6.56. The van der Waals surface area contributed by atoms with E-state index in [4.69, 9.17) is 0 Å². The molecule has 0 radical (unpaired) electrons. The van der Waals surface area contributed by atoms with Crippen LogP contribution in [-0.4, -0.2) is 0 Å². The lowest BCUT2D eigenvalue weighted by molar-refractivity contribution is 0.600. The predicted octanol–water partition coefficient (Wildman–Crippen LogP) is 5.16. The Labute approximate surface area is 106 Å². The second-order valence-electron chi connectivity index (χ2n) is 5.38. The van der Waals surface area contributed by atoms with Crippen LogP contribution in [0.4, 0.5) is 4.39 Å². The zero-order chi connectivity index (χ0) is 12.6. The van der Waals surface area contributed by atoms with E-state index in [9.17, 15) is 4.39 Å². The molecular formula is C15H17FS. The molecular weight excluding hydrogens is 231 g/mol. The number of hydrogen-bond donors (Lipinski definition) is 0. The number of aryl methyl sites for hydroxylation is 1. The van der Waals surface area contributed by atoms with Crippen molar-refractivity contribution >= 4 is 11.3 Å². The summed E-state index contributed by atoms with van der Waals surface area (Å²) in [4.78, 5) is 2.62. The highest BCUT2D eigenvalue weighted by molar-refractivity contribution is 7.15. The van der Waals surface area contributed by atoms with Gasteiger partial charge in [-0.2, -0.15) is 0 Å². The Kier molecular flexibility index (Phi) is 3.09. The lowest BCUT2D eigenvalue weighted by atomic mass is 9.92. The molecule has 0 aliphatic carbocycles. The molecule has 90 valence electrons. The lowest BCUT2D eigenvalue weighted by Gasteiger charge is -2.17. The van der Waals surface area contributed by atoms with E-state index in [1.165, 1.54) is 27.5 Å². The van der Waals surface area contributed by atoms with Crippen LogP contribution in [0.25, 0.3) is 10.4 Å². The predicted molar refractivity (Wildman–Crippen MR) is 73.2 cm³/mol. The van der Waals surface area contributed by atoms with E-state index in [1.807, 2.05) is 12.1 Å². The summed E-state index contributed by atoms with van der Waals surface area (Å²) in [5, 5.41) is 0. The fraction of sp³-hybridized carbons (Fsp3) is 0.333. The van der Waals surface area contributed by atoms with Gasteiger partial charge in [-0.3, -0.25) is 0 Å². The molecule has 0 unspecified atom stereocenters. The molecule has 1 heterocycles. The molecule has 0 aliphatic heterocycles. The van der Waals surface area contributed by atoms with Gasteiger partial charge in [0, 0.05) is 9.75 Å². The molecule has 0 spiro atoms. The second kappa shape index (κ2) is 4.26. The number of benzene rings is 1. The molecule has 0 bridgehead atoms. The number of hydrogen-bond acceptors (Lipinski definition) is 1. The Morgan fingerprint density at radius 2 is 1.65 bits per heavy atom. The van der Waals surface area contributed by atoms with Gasteiger partial charge in [0.15, 0.2) is 0 Å². The van der Waals surface area contributed by atoms with Crippen molar-refractivity contribution in [3.05, 3.63) is 46.6 Å². The van der Waals surface area contributed by atoms with Crippen molar-refractivity contribution < 1.29 is 4.39 Å². The highest BCUT2D eigenvalue weighted by Gasteiger charge is 2.19. The lowest BCUT2D eigenvalue weighted by Crippen LogP contribution is -2.09. The molecule has 2 heteroatoms. The molecule has 1 aromatic carbocycles. The van der Waals surface area contributed by atoms with E-state index in [0.717, 1.165) is 5.56 Å². The Bertz CT molecular complexity index is 515. The van der Waals surface area contributed by atoms with E-state index >= 15 is 0 Å². The minimum Gasteiger partial charge on any atom is -0.207 e. The zero-order valence-electron chi connectivity index (χ0n) is 10.7. The van der Waals surface area contributed by atoms with Crippen LogP contribution in [0.2, 0.25) is 0 Å². The van der Waals surface area contributed by atoms with Crippen molar-refractivity contribution in [3.8, 4) is 10.4 Å². The van der Waals surface area contributed by atoms with Gasteiger partial charge in [-0.05, 0) is 41.7 Å². The van der Waals surface area contributed by atoms with Crippen molar-refractivity contribution in [2.24, 2.45) is 0 Å². The second-order valence-corrected chi connectivity index (χ2v) is 6.43. The van der Waals surface area contributed by atoms with E-state index < -0.39 is 0 Å². The molecule has 0 fully saturated rings. The SMILES string of the molecule is Cc1cc(-c2ccc(F)cc2)sc1C(C)(C)C. The third-order valence-electron chi connectivity index (χ3n) is 2.73. The van der Waals surface area contributed by atoms with Gasteiger partial charge in [0.2, 0.25) is 0 Å². The maximum atomic E-state index is 12.9. The molecule has 0 atom stereocenters. The standard InChI is InChI=1S/C15H17FS/c1-10-9-13(17-14(10)15(2,3)4)11-5-7-12(16)8-6-11/h5-9H,1-4H3. The van der Waals surface area contributed by atoms with E-state index in [2.05, 4.69) is 33.8 Å². The monoisotopic (exact) mass is 248 g/mol. The van der Waals surface area contributed by atoms with E-state index in [-0.39, 0.29) is 11.2 Å². The van der Waals surface area contributed by atoms with Gasteiger partial charge in [0.05, 0.1) is 0 Å². The van der Waals surface area contributed by atoms with E-state index in [0.29, 0.717) is 0 Å². The first-order valence-electron chi connectivity index (χ1n) is 5.75. The van der Waals surface area contributed by atoms with Crippen molar-refractivity contribution in [2.45, 2.75) is 33.1 Å². The molecule has 0 saturated carbocycles. The quantitative estimate of drug-likeness (QED) is 0.654. The topological polar surface area (TPSA) is 0 Å². The summed E-state index contributed by atoms with van der Waals surface area (Å²) in [6.07, 6.45) is 0. The molecule has 2 aromatic rings. The largest absolute Gasteiger partial charge is 0.207 e. The van der Waals surface area contributed by atoms with Crippen LogP contribution < -0.4 is 0 Å². The average Bonchev–Trinajstić information content (AvgIpc) is 2.61. The van der Waals surface area contributed by atoms with Gasteiger partial charge in [-0.25, -0.2) is 4.39 Å². The smallest absolute Gasteiger partial charge is 0.123 e. The summed E-state index contributed by atoms with van der Waals surface area (Å²) in [7, 11) is 0. The number of halogens is 1. The van der Waals surface area contributed by atoms with Crippen LogP contribution in [-0.2, 0) is 5.41 Å². The van der Waals surface area contributed by atoms with Crippen LogP contribution in [0.1, 0.15) is 31.2 Å². The molecule has 0 nitrogen and oxygen atoms in total. The molecule has 0 N–H and O–H groups in total. The summed E-state index contributed by atoms with van der Waals surface area (Å²) < 4.78 is 12.9. The fourth-order valence-electron chi connectivity index (χ4n) is 1.98. The van der Waals surface area contributed by atoms with Crippen LogP contribution in [0, 0.1) is 12.7 Å². The molecule has 0 amide bonds. The van der Waals surface area contributed by atoms with Gasteiger partial charge in [0.25, 0.3) is 0 Å². The minimum atomic E-state index is -0.182. The maximum Gasteiger partial charge on any atom is 0.123 e. The molecule has 0 saturated heterocycles. The minimum absolute atomic E-state index is 0.174. The van der Waals surface area contributed by atoms with Crippen molar-refractivity contribution in [1.82, 2.24) is 0 Å². The number of rotatable bonds is 1. The van der Waals surface area contributed by atoms with Gasteiger partial charge in [-0.1, -0.05) is 32.9 Å². The van der Waals surface area contributed by atoms with Crippen LogP contribution in [0.3, 0.4) is 0 Å². The molecule has 17 heavy (non-hydrogen) atoms. The van der Waals surface area contributed by atoms with Gasteiger partial charge < -0.3 is 0 Å². The Morgan fingerprint density at radius 1 is 1.06 bits per heavy atom. The normalized spacial score (nSPS) is 11.8. The van der Waals surface area contributed by atoms with Crippen LogP contribution >= 0.6 is 11.3 Å². The fourth-order valence-corrected chi connectivity index (χ4v) is 3.22. The molecule has 2 rings (SSSR count). The highest BCUT2D eigenvalue weighted by atomic mass is 32.1. The Hall–Kier alpha value is -1.15. The third-order valence-corrected chi connectivity index (χ3v) is 4.44. The highest BCUT2D eigenvalue weighted by Crippen LogP contribution is 2.38. The summed E-state index contributed by atoms with van der Waals surface area (Å²) >= 11 is 1.80. The summed E-state index contributed by atoms with van der Waals surface area (Å²) in [6, 6.07) is 8.90. The van der Waals surface area contributed by atoms with Gasteiger partial charge in [-0.15, -0.1) is 11.3 Å². The van der Waals surface area contributed by atoms with Gasteiger partial charge >= 0.3 is 0 Å². The molecule has 0 aliphatic rings. The van der Waals surface area contributed by atoms with Crippen molar-refractivity contribution in [3.63, 3.8) is 0 Å². The first-order chi connectivity index (χ1) is 7.88. The average molecular weight is 248 g/mol. The maximum absolute atomic E-state index is 12.9. The van der Waals surface area contributed by atoms with Crippen molar-refractivity contribution in [1.29, 1.82) is 0 Å². The third kappa shape index (κ3) is 2.58. The van der Waals surface area contributed by atoms with E-state index in [1.54, 1.807) is 11.3 Å². The summed E-state index contributed by atoms with van der Waals surface area (Å²) in [5.41, 5.74) is 2.59. The zero-order valence-corrected chi connectivity index (χ0v) is 11.5.